The molecule has 0 aromatic heterocycles. The minimum Gasteiger partial charge on any atom is -0.458 e. The van der Waals surface area contributed by atoms with Crippen molar-refractivity contribution < 1.29 is 14.5 Å². The second-order valence-corrected chi connectivity index (χ2v) is 2.58. The van der Waals surface area contributed by atoms with E-state index in [1.807, 2.05) is 6.92 Å². The van der Waals surface area contributed by atoms with Gasteiger partial charge in [0, 0.05) is 4.92 Å². The minimum atomic E-state index is -0.763. The summed E-state index contributed by atoms with van der Waals surface area (Å²) < 4.78 is 4.72. The fourth-order valence-corrected chi connectivity index (χ4v) is 0.833. The highest BCUT2D eigenvalue weighted by Gasteiger charge is 2.13. The maximum Gasteiger partial charge on any atom is 0.378 e. The van der Waals surface area contributed by atoms with Gasteiger partial charge in [0.05, 0.1) is 6.10 Å². The van der Waals surface area contributed by atoms with Crippen LogP contribution in [0.15, 0.2) is 0 Å². The monoisotopic (exact) mass is 175 g/mol. The van der Waals surface area contributed by atoms with Crippen molar-refractivity contribution in [1.82, 2.24) is 0 Å². The van der Waals surface area contributed by atoms with Crippen LogP contribution in [-0.4, -0.2) is 23.5 Å². The smallest absolute Gasteiger partial charge is 0.378 e. The van der Waals surface area contributed by atoms with Gasteiger partial charge >= 0.3 is 5.97 Å². The molecular formula is C7H13NO4. The van der Waals surface area contributed by atoms with Gasteiger partial charge in [-0.05, 0) is 13.3 Å². The van der Waals surface area contributed by atoms with Gasteiger partial charge in [-0.2, -0.15) is 0 Å². The Labute approximate surface area is 70.9 Å². The normalized spacial score (nSPS) is 12.2. The van der Waals surface area contributed by atoms with Crippen molar-refractivity contribution in [3.63, 3.8) is 0 Å². The molecule has 70 valence electrons. The molecule has 0 aliphatic rings. The van der Waals surface area contributed by atoms with Crippen LogP contribution in [0.2, 0.25) is 0 Å². The van der Waals surface area contributed by atoms with Crippen LogP contribution in [-0.2, 0) is 9.53 Å². The number of nitro groups is 1. The Morgan fingerprint density at radius 3 is 2.67 bits per heavy atom. The average molecular weight is 175 g/mol. The zero-order valence-electron chi connectivity index (χ0n) is 7.28. The van der Waals surface area contributed by atoms with Gasteiger partial charge in [0.2, 0.25) is 0 Å². The van der Waals surface area contributed by atoms with Gasteiger partial charge in [0.15, 0.2) is 0 Å². The Balaban J connectivity index is 3.61. The minimum absolute atomic E-state index is 0.220. The molecule has 0 aromatic rings. The van der Waals surface area contributed by atoms with Crippen LogP contribution in [0.1, 0.15) is 26.7 Å². The van der Waals surface area contributed by atoms with E-state index >= 15 is 0 Å². The van der Waals surface area contributed by atoms with Crippen LogP contribution in [0.4, 0.5) is 0 Å². The third kappa shape index (κ3) is 5.64. The van der Waals surface area contributed by atoms with E-state index in [-0.39, 0.29) is 6.10 Å². The molecule has 1 unspecified atom stereocenters. The summed E-state index contributed by atoms with van der Waals surface area (Å²) in [6.07, 6.45) is 1.42. The fourth-order valence-electron chi connectivity index (χ4n) is 0.833. The molecule has 0 amide bonds. The lowest BCUT2D eigenvalue weighted by Crippen LogP contribution is -2.21. The quantitative estimate of drug-likeness (QED) is 0.355. The molecule has 0 aromatic carbocycles. The fraction of sp³-hybridized carbons (Fsp3) is 0.857. The van der Waals surface area contributed by atoms with Crippen molar-refractivity contribution in [1.29, 1.82) is 0 Å². The second-order valence-electron chi connectivity index (χ2n) is 2.58. The predicted molar refractivity (Wildman–Crippen MR) is 42.3 cm³/mol. The van der Waals surface area contributed by atoms with Crippen molar-refractivity contribution in [3.05, 3.63) is 10.1 Å². The van der Waals surface area contributed by atoms with E-state index in [9.17, 15) is 14.9 Å². The molecule has 0 N–H and O–H groups in total. The largest absolute Gasteiger partial charge is 0.458 e. The van der Waals surface area contributed by atoms with Gasteiger partial charge in [-0.15, -0.1) is 0 Å². The van der Waals surface area contributed by atoms with E-state index in [2.05, 4.69) is 0 Å². The van der Waals surface area contributed by atoms with E-state index in [0.29, 0.717) is 0 Å². The van der Waals surface area contributed by atoms with E-state index in [4.69, 9.17) is 4.74 Å². The van der Waals surface area contributed by atoms with E-state index in [1.54, 1.807) is 6.92 Å². The number of nitrogens with zero attached hydrogens (tertiary/aromatic N) is 1. The summed E-state index contributed by atoms with van der Waals surface area (Å²) in [5.74, 6) is -0.763. The van der Waals surface area contributed by atoms with Gasteiger partial charge in [-0.1, -0.05) is 13.3 Å². The first-order chi connectivity index (χ1) is 5.56. The molecule has 0 rings (SSSR count). The number of esters is 1. The zero-order valence-corrected chi connectivity index (χ0v) is 7.28. The van der Waals surface area contributed by atoms with Gasteiger partial charge < -0.3 is 4.74 Å². The number of hydrogen-bond acceptors (Lipinski definition) is 4. The summed E-state index contributed by atoms with van der Waals surface area (Å²) in [5, 5.41) is 9.85. The lowest BCUT2D eigenvalue weighted by atomic mass is 10.2. The van der Waals surface area contributed by atoms with Gasteiger partial charge in [-0.3, -0.25) is 10.1 Å². The SMILES string of the molecule is CCCC(C)OC(=O)C[N+](=O)[O-]. The van der Waals surface area contributed by atoms with Crippen molar-refractivity contribution in [2.24, 2.45) is 0 Å². The van der Waals surface area contributed by atoms with Gasteiger partial charge in [0.25, 0.3) is 6.54 Å². The molecule has 0 saturated carbocycles. The number of hydrogen-bond donors (Lipinski definition) is 0. The maximum absolute atomic E-state index is 10.7. The lowest BCUT2D eigenvalue weighted by molar-refractivity contribution is -0.470. The summed E-state index contributed by atoms with van der Waals surface area (Å²) in [4.78, 5) is 19.8. The molecule has 5 nitrogen and oxygen atoms in total. The Morgan fingerprint density at radius 1 is 1.67 bits per heavy atom. The summed E-state index contributed by atoms with van der Waals surface area (Å²) in [7, 11) is 0. The molecule has 12 heavy (non-hydrogen) atoms. The van der Waals surface area contributed by atoms with Crippen molar-refractivity contribution in [2.75, 3.05) is 6.54 Å². The highest BCUT2D eigenvalue weighted by Crippen LogP contribution is 2.00. The Kier molecular flexibility index (Phi) is 4.99. The first kappa shape index (κ1) is 10.9. The van der Waals surface area contributed by atoms with Crippen LogP contribution in [0, 0.1) is 10.1 Å². The van der Waals surface area contributed by atoms with Crippen LogP contribution < -0.4 is 0 Å². The maximum atomic E-state index is 10.7. The summed E-state index contributed by atoms with van der Waals surface area (Å²) in [6, 6.07) is 0. The zero-order chi connectivity index (χ0) is 9.56. The average Bonchev–Trinajstić information content (AvgIpc) is 1.84. The van der Waals surface area contributed by atoms with Crippen LogP contribution in [0.25, 0.3) is 0 Å². The molecule has 5 heteroatoms. The third-order valence-electron chi connectivity index (χ3n) is 1.29. The van der Waals surface area contributed by atoms with E-state index < -0.39 is 17.4 Å². The van der Waals surface area contributed by atoms with Crippen molar-refractivity contribution in [2.45, 2.75) is 32.8 Å². The molecular weight excluding hydrogens is 162 g/mol. The number of carbonyl (C=O) groups is 1. The van der Waals surface area contributed by atoms with Crippen LogP contribution in [0.3, 0.4) is 0 Å². The molecule has 0 aliphatic carbocycles. The molecule has 0 spiro atoms. The highest BCUT2D eigenvalue weighted by molar-refractivity contribution is 5.70. The molecule has 0 heterocycles. The Hall–Kier alpha value is -1.13. The number of rotatable bonds is 5. The topological polar surface area (TPSA) is 69.4 Å². The van der Waals surface area contributed by atoms with E-state index in [1.165, 1.54) is 0 Å². The van der Waals surface area contributed by atoms with Gasteiger partial charge in [0.1, 0.15) is 0 Å². The number of ether oxygens (including phenoxy) is 1. The molecule has 0 aliphatic heterocycles. The first-order valence-electron chi connectivity index (χ1n) is 3.87. The molecule has 1 atom stereocenters. The lowest BCUT2D eigenvalue weighted by Gasteiger charge is -2.09. The standard InChI is InChI=1S/C7H13NO4/c1-3-4-6(2)12-7(9)5-8(10)11/h6H,3-5H2,1-2H3. The summed E-state index contributed by atoms with van der Waals surface area (Å²) >= 11 is 0. The van der Waals surface area contributed by atoms with Crippen molar-refractivity contribution >= 4 is 5.97 Å². The molecule has 0 bridgehead atoms. The Bertz CT molecular complexity index is 169. The number of carbonyl (C=O) groups excluding carboxylic acids is 1. The predicted octanol–water partition coefficient (Wildman–Crippen LogP) is 0.995. The van der Waals surface area contributed by atoms with Crippen LogP contribution >= 0.6 is 0 Å². The Morgan fingerprint density at radius 2 is 2.25 bits per heavy atom. The molecule has 0 fully saturated rings. The first-order valence-corrected chi connectivity index (χ1v) is 3.87. The van der Waals surface area contributed by atoms with E-state index in [0.717, 1.165) is 12.8 Å². The second kappa shape index (κ2) is 5.51. The third-order valence-corrected chi connectivity index (χ3v) is 1.29. The summed E-state index contributed by atoms with van der Waals surface area (Å²) in [6.45, 7) is 2.94. The molecule has 0 saturated heterocycles. The van der Waals surface area contributed by atoms with Gasteiger partial charge in [-0.25, -0.2) is 4.79 Å². The van der Waals surface area contributed by atoms with Crippen molar-refractivity contribution in [3.8, 4) is 0 Å². The highest BCUT2D eigenvalue weighted by atomic mass is 16.6. The van der Waals surface area contributed by atoms with Crippen LogP contribution in [0.5, 0.6) is 0 Å². The molecule has 0 radical (unpaired) electrons. The summed E-state index contributed by atoms with van der Waals surface area (Å²) in [5.41, 5.74) is 0.